The number of methoxy groups -OCH3 is 1. The lowest BCUT2D eigenvalue weighted by Crippen LogP contribution is -2.28. The monoisotopic (exact) mass is 312 g/mol. The van der Waals surface area contributed by atoms with Crippen molar-refractivity contribution in [1.29, 1.82) is 0 Å². The number of ether oxygens (including phenoxy) is 1. The maximum Gasteiger partial charge on any atom is 0.337 e. The molecule has 21 heavy (non-hydrogen) atoms. The fraction of sp³-hybridized carbons (Fsp3) is 0.500. The molecule has 1 fully saturated rings. The molecule has 1 heterocycles. The van der Waals surface area contributed by atoms with Gasteiger partial charge in [-0.2, -0.15) is 0 Å². The van der Waals surface area contributed by atoms with E-state index in [-0.39, 0.29) is 16.4 Å². The highest BCUT2D eigenvalue weighted by Crippen LogP contribution is 2.31. The summed E-state index contributed by atoms with van der Waals surface area (Å²) >= 11 is 0. The Kier molecular flexibility index (Phi) is 4.97. The summed E-state index contributed by atoms with van der Waals surface area (Å²) in [7, 11) is -0.980. The lowest BCUT2D eigenvalue weighted by atomic mass is 9.89. The molecule has 0 unspecified atom stereocenters. The highest BCUT2D eigenvalue weighted by molar-refractivity contribution is 7.89. The number of hydrogen-bond donors (Lipinski definition) is 2. The molecule has 0 atom stereocenters. The third-order valence-corrected chi connectivity index (χ3v) is 5.24. The largest absolute Gasteiger partial charge is 0.465 e. The molecule has 1 aromatic rings. The maximum atomic E-state index is 12.2. The lowest BCUT2D eigenvalue weighted by Gasteiger charge is -2.25. The molecule has 0 bridgehead atoms. The number of rotatable bonds is 4. The average molecular weight is 312 g/mol. The van der Waals surface area contributed by atoms with Crippen LogP contribution >= 0.6 is 0 Å². The highest BCUT2D eigenvalue weighted by Gasteiger charge is 2.25. The van der Waals surface area contributed by atoms with Gasteiger partial charge in [0, 0.05) is 0 Å². The van der Waals surface area contributed by atoms with Gasteiger partial charge in [-0.15, -0.1) is 0 Å². The van der Waals surface area contributed by atoms with Gasteiger partial charge in [-0.05, 0) is 56.6 Å². The second-order valence-electron chi connectivity index (χ2n) is 4.98. The van der Waals surface area contributed by atoms with E-state index in [4.69, 9.17) is 0 Å². The SMILES string of the molecule is CNS(=O)(=O)c1cc(C(=O)OC)ccc1C1CCNCC1. The minimum absolute atomic E-state index is 0.166. The first kappa shape index (κ1) is 15.9. The van der Waals surface area contributed by atoms with Gasteiger partial charge in [-0.1, -0.05) is 6.07 Å². The van der Waals surface area contributed by atoms with Crippen LogP contribution in [0.25, 0.3) is 0 Å². The number of carbonyl (C=O) groups is 1. The molecule has 0 spiro atoms. The molecule has 6 nitrogen and oxygen atoms in total. The van der Waals surface area contributed by atoms with Crippen LogP contribution in [0.15, 0.2) is 23.1 Å². The smallest absolute Gasteiger partial charge is 0.337 e. The summed E-state index contributed by atoms with van der Waals surface area (Å²) in [5, 5.41) is 3.26. The predicted molar refractivity (Wildman–Crippen MR) is 78.9 cm³/mol. The van der Waals surface area contributed by atoms with Crippen molar-refractivity contribution in [3.63, 3.8) is 0 Å². The summed E-state index contributed by atoms with van der Waals surface area (Å²) in [5.74, 6) is -0.365. The van der Waals surface area contributed by atoms with Crippen molar-refractivity contribution >= 4 is 16.0 Å². The van der Waals surface area contributed by atoms with E-state index in [1.165, 1.54) is 20.2 Å². The van der Waals surface area contributed by atoms with Gasteiger partial charge in [0.05, 0.1) is 17.6 Å². The predicted octanol–water partition coefficient (Wildman–Crippen LogP) is 0.848. The first-order chi connectivity index (χ1) is 9.99. The molecular weight excluding hydrogens is 292 g/mol. The fourth-order valence-electron chi connectivity index (χ4n) is 2.59. The lowest BCUT2D eigenvalue weighted by molar-refractivity contribution is 0.0600. The summed E-state index contributed by atoms with van der Waals surface area (Å²) in [4.78, 5) is 11.8. The number of sulfonamides is 1. The molecule has 116 valence electrons. The molecule has 1 aliphatic rings. The standard InChI is InChI=1S/C14H20N2O4S/c1-15-21(18,19)13-9-11(14(17)20-2)3-4-12(13)10-5-7-16-8-6-10/h3-4,9-10,15-16H,5-8H2,1-2H3. The highest BCUT2D eigenvalue weighted by atomic mass is 32.2. The normalized spacial score (nSPS) is 16.7. The second-order valence-corrected chi connectivity index (χ2v) is 6.83. The van der Waals surface area contributed by atoms with Gasteiger partial charge in [-0.25, -0.2) is 17.9 Å². The van der Waals surface area contributed by atoms with E-state index < -0.39 is 16.0 Å². The Morgan fingerprint density at radius 1 is 1.33 bits per heavy atom. The van der Waals surface area contributed by atoms with Crippen LogP contribution in [0.5, 0.6) is 0 Å². The fourth-order valence-corrected chi connectivity index (χ4v) is 3.64. The van der Waals surface area contributed by atoms with Crippen molar-refractivity contribution in [2.75, 3.05) is 27.2 Å². The van der Waals surface area contributed by atoms with Gasteiger partial charge in [0.2, 0.25) is 10.0 Å². The van der Waals surface area contributed by atoms with E-state index in [9.17, 15) is 13.2 Å². The van der Waals surface area contributed by atoms with Crippen molar-refractivity contribution in [3.05, 3.63) is 29.3 Å². The van der Waals surface area contributed by atoms with E-state index in [1.54, 1.807) is 12.1 Å². The van der Waals surface area contributed by atoms with Gasteiger partial charge in [0.1, 0.15) is 0 Å². The van der Waals surface area contributed by atoms with Crippen LogP contribution in [-0.4, -0.2) is 41.6 Å². The van der Waals surface area contributed by atoms with E-state index in [2.05, 4.69) is 14.8 Å². The summed E-state index contributed by atoms with van der Waals surface area (Å²) < 4.78 is 31.5. The van der Waals surface area contributed by atoms with Gasteiger partial charge >= 0.3 is 5.97 Å². The van der Waals surface area contributed by atoms with Gasteiger partial charge in [0.25, 0.3) is 0 Å². The van der Waals surface area contributed by atoms with Crippen molar-refractivity contribution in [2.24, 2.45) is 0 Å². The molecule has 1 saturated heterocycles. The zero-order valence-corrected chi connectivity index (χ0v) is 13.0. The average Bonchev–Trinajstić information content (AvgIpc) is 2.54. The second kappa shape index (κ2) is 6.55. The van der Waals surface area contributed by atoms with Crippen LogP contribution < -0.4 is 10.0 Å². The van der Waals surface area contributed by atoms with Crippen molar-refractivity contribution in [3.8, 4) is 0 Å². The van der Waals surface area contributed by atoms with Crippen LogP contribution in [0.3, 0.4) is 0 Å². The quantitative estimate of drug-likeness (QED) is 0.805. The number of nitrogens with one attached hydrogen (secondary N) is 2. The molecule has 0 aliphatic carbocycles. The van der Waals surface area contributed by atoms with Crippen LogP contribution in [0.2, 0.25) is 0 Å². The van der Waals surface area contributed by atoms with Crippen LogP contribution in [0, 0.1) is 0 Å². The molecule has 0 saturated carbocycles. The van der Waals surface area contributed by atoms with Crippen LogP contribution in [0.1, 0.15) is 34.7 Å². The molecule has 0 radical (unpaired) electrons. The molecule has 1 aromatic carbocycles. The van der Waals surface area contributed by atoms with E-state index in [0.29, 0.717) is 0 Å². The number of hydrogen-bond acceptors (Lipinski definition) is 5. The van der Waals surface area contributed by atoms with Crippen LogP contribution in [0.4, 0.5) is 0 Å². The maximum absolute atomic E-state index is 12.2. The summed E-state index contributed by atoms with van der Waals surface area (Å²) in [6.45, 7) is 1.73. The molecule has 2 N–H and O–H groups in total. The zero-order chi connectivity index (χ0) is 15.5. The van der Waals surface area contributed by atoms with Gasteiger partial charge in [-0.3, -0.25) is 0 Å². The zero-order valence-electron chi connectivity index (χ0n) is 12.2. The first-order valence-corrected chi connectivity index (χ1v) is 8.34. The minimum atomic E-state index is -3.62. The first-order valence-electron chi connectivity index (χ1n) is 6.86. The topological polar surface area (TPSA) is 84.5 Å². The third kappa shape index (κ3) is 3.42. The molecule has 7 heteroatoms. The van der Waals surface area contributed by atoms with Gasteiger partial charge in [0.15, 0.2) is 0 Å². The summed E-state index contributed by atoms with van der Waals surface area (Å²) in [6.07, 6.45) is 1.76. The summed E-state index contributed by atoms with van der Waals surface area (Å²) in [5.41, 5.74) is 1.00. The van der Waals surface area contributed by atoms with Crippen LogP contribution in [-0.2, 0) is 14.8 Å². The molecule has 1 aliphatic heterocycles. The van der Waals surface area contributed by atoms with E-state index in [0.717, 1.165) is 31.5 Å². The number of piperidine rings is 1. The Balaban J connectivity index is 2.51. The van der Waals surface area contributed by atoms with Crippen molar-refractivity contribution in [2.45, 2.75) is 23.7 Å². The Hall–Kier alpha value is -1.44. The Bertz CT molecular complexity index is 622. The number of benzene rings is 1. The van der Waals surface area contributed by atoms with E-state index in [1.807, 2.05) is 0 Å². The minimum Gasteiger partial charge on any atom is -0.465 e. The Morgan fingerprint density at radius 2 is 2.00 bits per heavy atom. The Labute approximate surface area is 124 Å². The van der Waals surface area contributed by atoms with E-state index >= 15 is 0 Å². The molecule has 2 rings (SSSR count). The third-order valence-electron chi connectivity index (χ3n) is 3.77. The van der Waals surface area contributed by atoms with Gasteiger partial charge < -0.3 is 10.1 Å². The summed E-state index contributed by atoms with van der Waals surface area (Å²) in [6, 6.07) is 4.75. The molecule has 0 amide bonds. The molecule has 0 aromatic heterocycles. The Morgan fingerprint density at radius 3 is 2.57 bits per heavy atom. The van der Waals surface area contributed by atoms with Crippen molar-refractivity contribution < 1.29 is 17.9 Å². The number of carbonyl (C=O) groups excluding carboxylic acids is 1. The van der Waals surface area contributed by atoms with Crippen molar-refractivity contribution in [1.82, 2.24) is 10.0 Å². The molecular formula is C14H20N2O4S. The number of esters is 1.